The van der Waals surface area contributed by atoms with Crippen LogP contribution >= 0.6 is 0 Å². The standard InChI is InChI=1S/C22H24N10O2/c1-29-10-16-20(30(2)22(29)34)26-12-32(16)11-18(33)27-17-3-4-23-19(28-17)15-6-24-21(25-7-15)31-8-13-5-14(13)9-31/h3-4,6-7,12-14H,5,8-11H2,1-2H3,(H,23,27,28,33). The van der Waals surface area contributed by atoms with Gasteiger partial charge in [-0.05, 0) is 24.3 Å². The van der Waals surface area contributed by atoms with Gasteiger partial charge in [-0.25, -0.2) is 29.7 Å². The molecule has 1 saturated carbocycles. The lowest BCUT2D eigenvalue weighted by molar-refractivity contribution is -0.116. The average molecular weight is 461 g/mol. The lowest BCUT2D eigenvalue weighted by atomic mass is 10.3. The molecule has 1 saturated heterocycles. The van der Waals surface area contributed by atoms with Crippen LogP contribution in [0.5, 0.6) is 0 Å². The molecule has 3 aromatic heterocycles. The molecule has 3 aliphatic rings. The van der Waals surface area contributed by atoms with Crippen molar-refractivity contribution in [3.8, 4) is 11.4 Å². The van der Waals surface area contributed by atoms with E-state index in [0.29, 0.717) is 29.6 Å². The summed E-state index contributed by atoms with van der Waals surface area (Å²) in [5, 5.41) is 2.81. The maximum Gasteiger partial charge on any atom is 0.325 e. The second kappa shape index (κ2) is 7.75. The van der Waals surface area contributed by atoms with E-state index < -0.39 is 0 Å². The Morgan fingerprint density at radius 1 is 1.12 bits per heavy atom. The minimum absolute atomic E-state index is 0.0488. The molecule has 1 N–H and O–H groups in total. The van der Waals surface area contributed by atoms with Crippen LogP contribution < -0.4 is 15.1 Å². The van der Waals surface area contributed by atoms with Crippen molar-refractivity contribution in [2.75, 3.05) is 42.3 Å². The average Bonchev–Trinajstić information content (AvgIpc) is 3.25. The van der Waals surface area contributed by atoms with Gasteiger partial charge >= 0.3 is 6.03 Å². The van der Waals surface area contributed by atoms with Crippen LogP contribution in [0.4, 0.5) is 22.4 Å². The first-order valence-corrected chi connectivity index (χ1v) is 11.2. The maximum atomic E-state index is 12.7. The number of aromatic nitrogens is 6. The first kappa shape index (κ1) is 20.5. The van der Waals surface area contributed by atoms with Crippen molar-refractivity contribution in [1.29, 1.82) is 0 Å². The van der Waals surface area contributed by atoms with E-state index in [2.05, 4.69) is 35.1 Å². The molecule has 2 fully saturated rings. The summed E-state index contributed by atoms with van der Waals surface area (Å²) < 4.78 is 1.74. The van der Waals surface area contributed by atoms with Gasteiger partial charge in [-0.2, -0.15) is 0 Å². The second-order valence-electron chi connectivity index (χ2n) is 9.09. The summed E-state index contributed by atoms with van der Waals surface area (Å²) in [4.78, 5) is 52.2. The van der Waals surface area contributed by atoms with Gasteiger partial charge in [0.2, 0.25) is 11.9 Å². The van der Waals surface area contributed by atoms with Gasteiger partial charge in [0.15, 0.2) is 11.6 Å². The molecule has 0 aromatic carbocycles. The summed E-state index contributed by atoms with van der Waals surface area (Å²) >= 11 is 0. The number of imidazole rings is 1. The van der Waals surface area contributed by atoms with Crippen molar-refractivity contribution < 1.29 is 9.59 Å². The van der Waals surface area contributed by atoms with Gasteiger partial charge < -0.3 is 19.7 Å². The summed E-state index contributed by atoms with van der Waals surface area (Å²) in [7, 11) is 3.38. The largest absolute Gasteiger partial charge is 0.340 e. The Balaban J connectivity index is 1.13. The van der Waals surface area contributed by atoms with Gasteiger partial charge in [-0.15, -0.1) is 0 Å². The number of fused-ring (bicyclic) bond motifs is 2. The summed E-state index contributed by atoms with van der Waals surface area (Å²) in [6.07, 6.45) is 7.94. The number of nitrogens with one attached hydrogen (secondary N) is 1. The summed E-state index contributed by atoms with van der Waals surface area (Å²) in [6.45, 7) is 2.50. The van der Waals surface area contributed by atoms with E-state index >= 15 is 0 Å². The van der Waals surface area contributed by atoms with E-state index in [1.54, 1.807) is 54.5 Å². The van der Waals surface area contributed by atoms with Crippen LogP contribution in [0.2, 0.25) is 0 Å². The second-order valence-corrected chi connectivity index (χ2v) is 9.09. The molecule has 2 atom stereocenters. The fraction of sp³-hybridized carbons (Fsp3) is 0.409. The maximum absolute atomic E-state index is 12.7. The van der Waals surface area contributed by atoms with Crippen molar-refractivity contribution >= 4 is 29.5 Å². The first-order chi connectivity index (χ1) is 16.5. The van der Waals surface area contributed by atoms with Crippen LogP contribution in [0.25, 0.3) is 11.4 Å². The molecule has 174 valence electrons. The van der Waals surface area contributed by atoms with Crippen LogP contribution in [0, 0.1) is 11.8 Å². The number of carbonyl (C=O) groups is 2. The van der Waals surface area contributed by atoms with Crippen molar-refractivity contribution in [2.45, 2.75) is 19.5 Å². The molecule has 6 rings (SSSR count). The lowest BCUT2D eigenvalue weighted by Crippen LogP contribution is -2.43. The van der Waals surface area contributed by atoms with Crippen LogP contribution in [0.3, 0.4) is 0 Å². The number of carbonyl (C=O) groups excluding carboxylic acids is 2. The molecule has 12 heteroatoms. The zero-order valence-corrected chi connectivity index (χ0v) is 18.9. The normalized spacial score (nSPS) is 20.9. The minimum Gasteiger partial charge on any atom is -0.340 e. The smallest absolute Gasteiger partial charge is 0.325 e. The van der Waals surface area contributed by atoms with Crippen LogP contribution in [0.1, 0.15) is 12.1 Å². The third-order valence-corrected chi connectivity index (χ3v) is 6.64. The highest BCUT2D eigenvalue weighted by molar-refractivity contribution is 5.93. The third kappa shape index (κ3) is 3.60. The Labute approximate surface area is 195 Å². The van der Waals surface area contributed by atoms with Crippen molar-refractivity contribution in [1.82, 2.24) is 34.4 Å². The van der Waals surface area contributed by atoms with E-state index in [1.165, 1.54) is 11.3 Å². The lowest BCUT2D eigenvalue weighted by Gasteiger charge is -2.30. The number of anilines is 3. The SMILES string of the molecule is CN1Cc2c(ncn2CC(=O)Nc2ccnc(-c3cnc(N4CC5CC5C4)nc3)n2)N(C)C1=O. The summed E-state index contributed by atoms with van der Waals surface area (Å²) in [5.41, 5.74) is 1.49. The van der Waals surface area contributed by atoms with E-state index in [1.807, 2.05) is 0 Å². The Kier molecular flexibility index (Phi) is 4.67. The predicted molar refractivity (Wildman–Crippen MR) is 123 cm³/mol. The number of amides is 3. The van der Waals surface area contributed by atoms with Crippen LogP contribution in [-0.4, -0.2) is 73.5 Å². The predicted octanol–water partition coefficient (Wildman–Crippen LogP) is 1.23. The molecule has 0 bridgehead atoms. The Hall–Kier alpha value is -4.09. The number of hydrogen-bond acceptors (Lipinski definition) is 8. The summed E-state index contributed by atoms with van der Waals surface area (Å²) in [6, 6.07) is 1.50. The molecule has 34 heavy (non-hydrogen) atoms. The Morgan fingerprint density at radius 3 is 2.65 bits per heavy atom. The van der Waals surface area contributed by atoms with E-state index in [9.17, 15) is 9.59 Å². The van der Waals surface area contributed by atoms with Crippen molar-refractivity contribution in [2.24, 2.45) is 11.8 Å². The topological polar surface area (TPSA) is 125 Å². The fourth-order valence-electron chi connectivity index (χ4n) is 4.68. The molecular formula is C22H24N10O2. The minimum atomic E-state index is -0.258. The molecule has 2 unspecified atom stereocenters. The highest BCUT2D eigenvalue weighted by atomic mass is 16.2. The molecule has 2 aliphatic heterocycles. The molecule has 1 aliphatic carbocycles. The zero-order valence-electron chi connectivity index (χ0n) is 18.9. The van der Waals surface area contributed by atoms with Gasteiger partial charge in [-0.3, -0.25) is 9.69 Å². The molecule has 5 heterocycles. The molecule has 0 radical (unpaired) electrons. The van der Waals surface area contributed by atoms with Crippen molar-refractivity contribution in [3.05, 3.63) is 36.7 Å². The van der Waals surface area contributed by atoms with E-state index in [-0.39, 0.29) is 18.5 Å². The number of nitrogens with zero attached hydrogens (tertiary/aromatic N) is 9. The highest BCUT2D eigenvalue weighted by Gasteiger charge is 2.45. The Morgan fingerprint density at radius 2 is 1.88 bits per heavy atom. The molecular weight excluding hydrogens is 436 g/mol. The van der Waals surface area contributed by atoms with Gasteiger partial charge in [0.05, 0.1) is 24.1 Å². The van der Waals surface area contributed by atoms with E-state index in [0.717, 1.165) is 36.6 Å². The van der Waals surface area contributed by atoms with Crippen LogP contribution in [0.15, 0.2) is 31.0 Å². The first-order valence-electron chi connectivity index (χ1n) is 11.2. The van der Waals surface area contributed by atoms with Crippen molar-refractivity contribution in [3.63, 3.8) is 0 Å². The van der Waals surface area contributed by atoms with E-state index in [4.69, 9.17) is 0 Å². The monoisotopic (exact) mass is 460 g/mol. The zero-order chi connectivity index (χ0) is 23.4. The van der Waals surface area contributed by atoms with Gasteiger partial charge in [0, 0.05) is 45.8 Å². The molecule has 3 aromatic rings. The van der Waals surface area contributed by atoms with Gasteiger partial charge in [0.25, 0.3) is 0 Å². The highest BCUT2D eigenvalue weighted by Crippen LogP contribution is 2.45. The number of urea groups is 1. The van der Waals surface area contributed by atoms with Crippen LogP contribution in [-0.2, 0) is 17.9 Å². The molecule has 12 nitrogen and oxygen atoms in total. The fourth-order valence-corrected chi connectivity index (χ4v) is 4.68. The number of piperidine rings is 1. The van der Waals surface area contributed by atoms with Gasteiger partial charge in [-0.1, -0.05) is 0 Å². The quantitative estimate of drug-likeness (QED) is 0.603. The number of hydrogen-bond donors (Lipinski definition) is 1. The molecule has 0 spiro atoms. The third-order valence-electron chi connectivity index (χ3n) is 6.64. The summed E-state index contributed by atoms with van der Waals surface area (Å²) in [5.74, 6) is 3.49. The number of rotatable bonds is 5. The molecule has 3 amide bonds. The van der Waals surface area contributed by atoms with Gasteiger partial charge in [0.1, 0.15) is 12.4 Å². The Bertz CT molecular complexity index is 1260.